The van der Waals surface area contributed by atoms with Crippen LogP contribution in [-0.2, 0) is 17.2 Å². The van der Waals surface area contributed by atoms with Crippen molar-refractivity contribution in [1.29, 1.82) is 0 Å². The van der Waals surface area contributed by atoms with E-state index in [1.165, 1.54) is 11.8 Å². The molecule has 0 radical (unpaired) electrons. The van der Waals surface area contributed by atoms with E-state index in [1.54, 1.807) is 5.01 Å². The fraction of sp³-hybridized carbons (Fsp3) is 0.156. The summed E-state index contributed by atoms with van der Waals surface area (Å²) in [5.41, 5.74) is 3.30. The van der Waals surface area contributed by atoms with Crippen LogP contribution in [0.2, 0.25) is 5.02 Å². The van der Waals surface area contributed by atoms with Crippen LogP contribution in [0, 0.1) is 3.57 Å². The number of amidine groups is 1. The first kappa shape index (κ1) is 28.6. The van der Waals surface area contributed by atoms with Crippen LogP contribution in [0.25, 0.3) is 5.70 Å². The molecular formula is C32H26ClIN4O3S. The summed E-state index contributed by atoms with van der Waals surface area (Å²) in [6, 6.07) is 29.2. The molecular weight excluding hydrogens is 683 g/mol. The number of carbonyl (C=O) groups excluding carboxylic acids is 1. The van der Waals surface area contributed by atoms with Crippen LogP contribution in [0.4, 0.5) is 0 Å². The Bertz CT molecular complexity index is 1800. The van der Waals surface area contributed by atoms with E-state index in [9.17, 15) is 4.79 Å². The summed E-state index contributed by atoms with van der Waals surface area (Å²) in [6.45, 7) is 2.82. The molecule has 7 nitrogen and oxygen atoms in total. The molecule has 0 spiro atoms. The summed E-state index contributed by atoms with van der Waals surface area (Å²) in [5, 5.41) is 12.2. The molecule has 1 N–H and O–H groups in total. The molecule has 0 saturated carbocycles. The van der Waals surface area contributed by atoms with E-state index < -0.39 is 6.17 Å². The molecule has 2 heterocycles. The van der Waals surface area contributed by atoms with Gasteiger partial charge < -0.3 is 9.47 Å². The highest BCUT2D eigenvalue weighted by Crippen LogP contribution is 2.40. The number of nitrogens with one attached hydrogen (secondary N) is 1. The van der Waals surface area contributed by atoms with E-state index in [2.05, 4.69) is 27.9 Å². The van der Waals surface area contributed by atoms with Gasteiger partial charge in [0.05, 0.1) is 15.5 Å². The van der Waals surface area contributed by atoms with E-state index in [4.69, 9.17) is 31.2 Å². The van der Waals surface area contributed by atoms with Gasteiger partial charge in [-0.25, -0.2) is 5.01 Å². The van der Waals surface area contributed by atoms with Crippen molar-refractivity contribution in [3.63, 3.8) is 0 Å². The van der Waals surface area contributed by atoms with E-state index in [0.717, 1.165) is 30.8 Å². The number of thioether (sulfide) groups is 1. The molecule has 1 atom stereocenters. The lowest BCUT2D eigenvalue weighted by Gasteiger charge is -2.34. The maximum atomic E-state index is 13.6. The normalized spacial score (nSPS) is 15.6. The summed E-state index contributed by atoms with van der Waals surface area (Å²) in [6.07, 6.45) is -0.590. The Labute approximate surface area is 266 Å². The number of nitrogens with zero attached hydrogens (tertiary/aromatic N) is 3. The molecule has 0 unspecified atom stereocenters. The second-order valence-corrected chi connectivity index (χ2v) is 12.0. The molecule has 212 valence electrons. The van der Waals surface area contributed by atoms with E-state index in [0.29, 0.717) is 46.4 Å². The van der Waals surface area contributed by atoms with Crippen LogP contribution in [0.15, 0.2) is 101 Å². The molecule has 0 fully saturated rings. The topological polar surface area (TPSA) is 75.5 Å². The third-order valence-electron chi connectivity index (χ3n) is 6.69. The van der Waals surface area contributed by atoms with Crippen molar-refractivity contribution in [3.8, 4) is 11.5 Å². The fourth-order valence-corrected chi connectivity index (χ4v) is 6.66. The van der Waals surface area contributed by atoms with Crippen molar-refractivity contribution >= 4 is 62.7 Å². The first-order valence-corrected chi connectivity index (χ1v) is 15.8. The van der Waals surface area contributed by atoms with E-state index >= 15 is 0 Å². The average molecular weight is 709 g/mol. The lowest BCUT2D eigenvalue weighted by atomic mass is 10.1. The first-order chi connectivity index (χ1) is 20.5. The van der Waals surface area contributed by atoms with Gasteiger partial charge in [0.25, 0.3) is 5.91 Å². The molecule has 42 heavy (non-hydrogen) atoms. The fourth-order valence-electron chi connectivity index (χ4n) is 4.74. The minimum absolute atomic E-state index is 0.235. The van der Waals surface area contributed by atoms with Crippen molar-refractivity contribution in [2.45, 2.75) is 25.4 Å². The molecule has 6 rings (SSSR count). The van der Waals surface area contributed by atoms with Gasteiger partial charge in [0.2, 0.25) is 0 Å². The lowest BCUT2D eigenvalue weighted by molar-refractivity contribution is -0.116. The number of ether oxygens (including phenoxy) is 2. The smallest absolute Gasteiger partial charge is 0.276 e. The van der Waals surface area contributed by atoms with Crippen LogP contribution in [0.1, 0.15) is 29.8 Å². The number of halogens is 2. The Kier molecular flexibility index (Phi) is 8.68. The predicted octanol–water partition coefficient (Wildman–Crippen LogP) is 6.00. The van der Waals surface area contributed by atoms with Crippen LogP contribution in [0.3, 0.4) is 0 Å². The number of amides is 1. The molecule has 10 heteroatoms. The van der Waals surface area contributed by atoms with Crippen molar-refractivity contribution in [3.05, 3.63) is 127 Å². The molecule has 0 saturated heterocycles. The quantitative estimate of drug-likeness (QED) is 0.228. The van der Waals surface area contributed by atoms with Crippen molar-refractivity contribution < 1.29 is 14.3 Å². The number of benzene rings is 4. The second kappa shape index (κ2) is 12.8. The largest absolute Gasteiger partial charge is 0.490 e. The molecule has 0 aliphatic carbocycles. The van der Waals surface area contributed by atoms with Crippen LogP contribution < -0.4 is 25.4 Å². The molecule has 2 aliphatic rings. The van der Waals surface area contributed by atoms with Crippen molar-refractivity contribution in [2.75, 3.05) is 6.61 Å². The third kappa shape index (κ3) is 5.99. The van der Waals surface area contributed by atoms with Gasteiger partial charge in [0.1, 0.15) is 12.3 Å². The van der Waals surface area contributed by atoms with Gasteiger partial charge in [-0.3, -0.25) is 15.1 Å². The number of hydrogen-bond acceptors (Lipinski definition) is 7. The molecule has 4 aromatic rings. The Morgan fingerprint density at radius 3 is 2.57 bits per heavy atom. The Hall–Kier alpha value is -3.54. The third-order valence-corrected chi connectivity index (χ3v) is 8.78. The molecule has 0 bridgehead atoms. The highest BCUT2D eigenvalue weighted by atomic mass is 127. The molecule has 2 aliphatic heterocycles. The lowest BCUT2D eigenvalue weighted by Crippen LogP contribution is -2.50. The van der Waals surface area contributed by atoms with Crippen molar-refractivity contribution in [1.82, 2.24) is 10.3 Å². The second-order valence-electron chi connectivity index (χ2n) is 9.49. The Balaban J connectivity index is 1.38. The number of para-hydroxylation sites is 1. The van der Waals surface area contributed by atoms with Crippen LogP contribution >= 0.6 is 46.0 Å². The van der Waals surface area contributed by atoms with Gasteiger partial charge in [-0.2, -0.15) is 0 Å². The van der Waals surface area contributed by atoms with Gasteiger partial charge in [0, 0.05) is 21.6 Å². The average Bonchev–Trinajstić information content (AvgIpc) is 3.00. The molecule has 1 amide bonds. The molecule has 4 aromatic carbocycles. The summed E-state index contributed by atoms with van der Waals surface area (Å²) in [4.78, 5) is 18.6. The maximum Gasteiger partial charge on any atom is 0.276 e. The minimum atomic E-state index is -0.590. The summed E-state index contributed by atoms with van der Waals surface area (Å²) in [5.74, 6) is 1.60. The number of fused-ring (bicyclic) bond motifs is 2. The summed E-state index contributed by atoms with van der Waals surface area (Å²) in [7, 11) is 0. The van der Waals surface area contributed by atoms with Gasteiger partial charge in [0.15, 0.2) is 22.8 Å². The maximum absolute atomic E-state index is 13.6. The summed E-state index contributed by atoms with van der Waals surface area (Å²) >= 11 is 10.1. The van der Waals surface area contributed by atoms with Gasteiger partial charge >= 0.3 is 0 Å². The SMILES string of the molecule is CCOc1cc([C@@H]2N=c3ccccc3=C3C(=O)NC(SCc4ccccc4Cl)=NN32)cc(I)c1OCc1ccccc1. The van der Waals surface area contributed by atoms with Crippen molar-refractivity contribution in [2.24, 2.45) is 10.1 Å². The number of carbonyl (C=O) groups is 1. The number of hydrogen-bond donors (Lipinski definition) is 1. The highest BCUT2D eigenvalue weighted by Gasteiger charge is 2.35. The van der Waals surface area contributed by atoms with Crippen LogP contribution in [0.5, 0.6) is 11.5 Å². The van der Waals surface area contributed by atoms with Gasteiger partial charge in [-0.1, -0.05) is 90.1 Å². The zero-order valence-electron chi connectivity index (χ0n) is 22.6. The van der Waals surface area contributed by atoms with Crippen LogP contribution in [-0.4, -0.2) is 22.7 Å². The van der Waals surface area contributed by atoms with Gasteiger partial charge in [-0.05, 0) is 64.9 Å². The zero-order valence-corrected chi connectivity index (χ0v) is 26.3. The first-order valence-electron chi connectivity index (χ1n) is 13.4. The standard InChI is InChI=1S/C32H26ClIN4O3S/c1-2-40-27-17-22(16-25(34)29(27)41-18-20-10-4-3-5-11-20)30-35-26-15-9-7-13-23(26)28-31(39)36-32(37-38(28)30)42-19-21-12-6-8-14-24(21)33/h3-17,30H,2,18-19H2,1H3,(H,36,37,39)/t30-/m1/s1. The minimum Gasteiger partial charge on any atom is -0.490 e. The Morgan fingerprint density at radius 2 is 1.76 bits per heavy atom. The number of hydrazone groups is 1. The zero-order chi connectivity index (χ0) is 29.1. The predicted molar refractivity (Wildman–Crippen MR) is 175 cm³/mol. The van der Waals surface area contributed by atoms with Gasteiger partial charge in [-0.15, -0.1) is 5.10 Å². The Morgan fingerprint density at radius 1 is 1.00 bits per heavy atom. The molecule has 0 aromatic heterocycles. The highest BCUT2D eigenvalue weighted by molar-refractivity contribution is 14.1. The summed E-state index contributed by atoms with van der Waals surface area (Å²) < 4.78 is 13.2. The van der Waals surface area contributed by atoms with E-state index in [-0.39, 0.29) is 5.91 Å². The van der Waals surface area contributed by atoms with E-state index in [1.807, 2.05) is 97.9 Å². The monoisotopic (exact) mass is 708 g/mol. The number of rotatable bonds is 8.